The molecule has 7 heteroatoms. The molecule has 162 valence electrons. The van der Waals surface area contributed by atoms with Crippen molar-refractivity contribution in [1.82, 2.24) is 10.2 Å². The van der Waals surface area contributed by atoms with Crippen LogP contribution in [-0.2, 0) is 4.79 Å². The van der Waals surface area contributed by atoms with E-state index >= 15 is 0 Å². The summed E-state index contributed by atoms with van der Waals surface area (Å²) in [6, 6.07) is 14.5. The van der Waals surface area contributed by atoms with Gasteiger partial charge in [-0.05, 0) is 61.5 Å². The number of para-hydroxylation sites is 1. The van der Waals surface area contributed by atoms with Gasteiger partial charge in [-0.2, -0.15) is 0 Å². The Morgan fingerprint density at radius 1 is 1.00 bits per heavy atom. The molecule has 31 heavy (non-hydrogen) atoms. The van der Waals surface area contributed by atoms with Gasteiger partial charge in [-0.25, -0.2) is 0 Å². The number of nitrogens with zero attached hydrogens (tertiary/aromatic N) is 1. The van der Waals surface area contributed by atoms with E-state index in [9.17, 15) is 9.59 Å². The molecule has 0 bridgehead atoms. The highest BCUT2D eigenvalue weighted by Gasteiger charge is 2.17. The van der Waals surface area contributed by atoms with Gasteiger partial charge in [-0.15, -0.1) is 0 Å². The minimum Gasteiger partial charge on any atom is -0.496 e. The van der Waals surface area contributed by atoms with Gasteiger partial charge in [-0.3, -0.25) is 14.9 Å². The molecule has 2 aromatic carbocycles. The minimum atomic E-state index is -0.351. The van der Waals surface area contributed by atoms with Gasteiger partial charge in [0.2, 0.25) is 5.91 Å². The molecular weight excluding hydrogens is 410 g/mol. The Balaban J connectivity index is 1.52. The zero-order valence-electron chi connectivity index (χ0n) is 17.6. The van der Waals surface area contributed by atoms with Crippen LogP contribution in [-0.4, -0.2) is 42.0 Å². The topological polar surface area (TPSA) is 70.7 Å². The van der Waals surface area contributed by atoms with E-state index in [4.69, 9.17) is 17.0 Å². The Bertz CT molecular complexity index is 949. The number of methoxy groups -OCH3 is 1. The summed E-state index contributed by atoms with van der Waals surface area (Å²) in [7, 11) is 1.58. The van der Waals surface area contributed by atoms with Crippen LogP contribution in [0, 0.1) is 0 Å². The van der Waals surface area contributed by atoms with Gasteiger partial charge in [0.05, 0.1) is 7.11 Å². The number of carbonyl (C=O) groups excluding carboxylic acids is 2. The fourth-order valence-electron chi connectivity index (χ4n) is 3.44. The third-order valence-electron chi connectivity index (χ3n) is 5.07. The van der Waals surface area contributed by atoms with Crippen LogP contribution >= 0.6 is 12.2 Å². The molecule has 0 unspecified atom stereocenters. The van der Waals surface area contributed by atoms with Crippen LogP contribution in [0.25, 0.3) is 6.08 Å². The second kappa shape index (κ2) is 11.3. The predicted octanol–water partition coefficient (Wildman–Crippen LogP) is 4.24. The number of nitrogens with one attached hydrogen (secondary N) is 2. The summed E-state index contributed by atoms with van der Waals surface area (Å²) in [5.41, 5.74) is 2.15. The maximum atomic E-state index is 12.7. The number of thiocarbonyl (C=S) groups is 1. The first-order valence-corrected chi connectivity index (χ1v) is 10.8. The summed E-state index contributed by atoms with van der Waals surface area (Å²) >= 11 is 5.22. The van der Waals surface area contributed by atoms with E-state index in [1.807, 2.05) is 29.2 Å². The first-order chi connectivity index (χ1) is 15.1. The molecular formula is C24H27N3O3S. The van der Waals surface area contributed by atoms with Crippen molar-refractivity contribution < 1.29 is 14.3 Å². The number of likely N-dealkylation sites (tertiary alicyclic amines) is 1. The average Bonchev–Trinajstić information content (AvgIpc) is 3.07. The zero-order valence-corrected chi connectivity index (χ0v) is 18.4. The molecule has 0 atom stereocenters. The lowest BCUT2D eigenvalue weighted by molar-refractivity contribution is -0.115. The van der Waals surface area contributed by atoms with E-state index < -0.39 is 0 Å². The molecule has 1 aliphatic rings. The molecule has 0 spiro atoms. The lowest BCUT2D eigenvalue weighted by Crippen LogP contribution is -2.33. The molecule has 2 aromatic rings. The van der Waals surface area contributed by atoms with Crippen LogP contribution in [0.1, 0.15) is 41.6 Å². The Morgan fingerprint density at radius 2 is 1.68 bits per heavy atom. The lowest BCUT2D eigenvalue weighted by Gasteiger charge is -2.20. The average molecular weight is 438 g/mol. The first-order valence-electron chi connectivity index (χ1n) is 10.4. The van der Waals surface area contributed by atoms with Crippen molar-refractivity contribution >= 4 is 40.9 Å². The van der Waals surface area contributed by atoms with Crippen LogP contribution in [0.2, 0.25) is 0 Å². The number of rotatable bonds is 5. The molecule has 0 aliphatic carbocycles. The molecule has 1 fully saturated rings. The summed E-state index contributed by atoms with van der Waals surface area (Å²) in [5, 5.41) is 5.76. The molecule has 2 N–H and O–H groups in total. The monoisotopic (exact) mass is 437 g/mol. The van der Waals surface area contributed by atoms with Gasteiger partial charge in [0.25, 0.3) is 5.91 Å². The number of hydrogen-bond acceptors (Lipinski definition) is 4. The summed E-state index contributed by atoms with van der Waals surface area (Å²) in [4.78, 5) is 26.7. The SMILES string of the molecule is COc1ccccc1/C=C/C(=O)NC(=S)Nc1ccc(C(=O)N2CCCCCC2)cc1. The van der Waals surface area contributed by atoms with Crippen LogP contribution in [0.4, 0.5) is 5.69 Å². The van der Waals surface area contributed by atoms with Gasteiger partial charge >= 0.3 is 0 Å². The third-order valence-corrected chi connectivity index (χ3v) is 5.28. The smallest absolute Gasteiger partial charge is 0.253 e. The number of hydrogen-bond donors (Lipinski definition) is 2. The van der Waals surface area contributed by atoms with Crippen molar-refractivity contribution in [3.8, 4) is 5.75 Å². The number of amides is 2. The highest BCUT2D eigenvalue weighted by Crippen LogP contribution is 2.18. The van der Waals surface area contributed by atoms with Crippen molar-refractivity contribution in [3.05, 3.63) is 65.7 Å². The zero-order chi connectivity index (χ0) is 22.1. The van der Waals surface area contributed by atoms with Gasteiger partial charge in [-0.1, -0.05) is 31.0 Å². The van der Waals surface area contributed by atoms with Crippen LogP contribution in [0.5, 0.6) is 5.75 Å². The Morgan fingerprint density at radius 3 is 2.35 bits per heavy atom. The molecule has 6 nitrogen and oxygen atoms in total. The summed E-state index contributed by atoms with van der Waals surface area (Å²) in [6.07, 6.45) is 7.55. The predicted molar refractivity (Wildman–Crippen MR) is 127 cm³/mol. The van der Waals surface area contributed by atoms with E-state index in [2.05, 4.69) is 10.6 Å². The van der Waals surface area contributed by atoms with Gasteiger partial charge in [0, 0.05) is 36.0 Å². The fourth-order valence-corrected chi connectivity index (χ4v) is 3.66. The molecule has 1 saturated heterocycles. The van der Waals surface area contributed by atoms with Crippen LogP contribution in [0.3, 0.4) is 0 Å². The summed E-state index contributed by atoms with van der Waals surface area (Å²) < 4.78 is 5.26. The van der Waals surface area contributed by atoms with Gasteiger partial charge in [0.1, 0.15) is 5.75 Å². The molecule has 1 aliphatic heterocycles. The molecule has 0 aromatic heterocycles. The van der Waals surface area contributed by atoms with E-state index in [0.717, 1.165) is 31.5 Å². The molecule has 0 radical (unpaired) electrons. The summed E-state index contributed by atoms with van der Waals surface area (Å²) in [6.45, 7) is 1.63. The largest absolute Gasteiger partial charge is 0.496 e. The molecule has 3 rings (SSSR count). The van der Waals surface area contributed by atoms with E-state index in [1.54, 1.807) is 37.5 Å². The van der Waals surface area contributed by atoms with Crippen molar-refractivity contribution in [3.63, 3.8) is 0 Å². The first kappa shape index (κ1) is 22.5. The Hall–Kier alpha value is -3.19. The number of benzene rings is 2. The number of carbonyl (C=O) groups is 2. The second-order valence-corrected chi connectivity index (χ2v) is 7.71. The van der Waals surface area contributed by atoms with Gasteiger partial charge < -0.3 is 15.0 Å². The second-order valence-electron chi connectivity index (χ2n) is 7.30. The van der Waals surface area contributed by atoms with E-state index in [1.165, 1.54) is 18.9 Å². The maximum absolute atomic E-state index is 12.7. The Kier molecular flexibility index (Phi) is 8.18. The number of ether oxygens (including phenoxy) is 1. The molecule has 2 amide bonds. The maximum Gasteiger partial charge on any atom is 0.253 e. The van der Waals surface area contributed by atoms with Crippen molar-refractivity contribution in [1.29, 1.82) is 0 Å². The van der Waals surface area contributed by atoms with Crippen LogP contribution < -0.4 is 15.4 Å². The number of anilines is 1. The summed E-state index contributed by atoms with van der Waals surface area (Å²) in [5.74, 6) is 0.393. The standard InChI is InChI=1S/C24H27N3O3S/c1-30-21-9-5-4-8-18(21)12-15-22(28)26-24(31)25-20-13-10-19(11-14-20)23(29)27-16-6-2-3-7-17-27/h4-5,8-15H,2-3,6-7,16-17H2,1H3,(H2,25,26,28,31)/b15-12+. The van der Waals surface area contributed by atoms with E-state index in [-0.39, 0.29) is 16.9 Å². The molecule has 0 saturated carbocycles. The minimum absolute atomic E-state index is 0.0609. The quantitative estimate of drug-likeness (QED) is 0.541. The van der Waals surface area contributed by atoms with Gasteiger partial charge in [0.15, 0.2) is 5.11 Å². The highest BCUT2D eigenvalue weighted by atomic mass is 32.1. The van der Waals surface area contributed by atoms with Crippen LogP contribution in [0.15, 0.2) is 54.6 Å². The Labute approximate surface area is 188 Å². The fraction of sp³-hybridized carbons (Fsp3) is 0.292. The van der Waals surface area contributed by atoms with Crippen molar-refractivity contribution in [2.75, 3.05) is 25.5 Å². The van der Waals surface area contributed by atoms with Crippen molar-refractivity contribution in [2.45, 2.75) is 25.7 Å². The lowest BCUT2D eigenvalue weighted by atomic mass is 10.1. The van der Waals surface area contributed by atoms with Crippen molar-refractivity contribution in [2.24, 2.45) is 0 Å². The normalized spacial score (nSPS) is 14.0. The highest BCUT2D eigenvalue weighted by molar-refractivity contribution is 7.80. The molecule has 1 heterocycles. The van der Waals surface area contributed by atoms with E-state index in [0.29, 0.717) is 17.0 Å². The third kappa shape index (κ3) is 6.65.